The molecule has 2 rings (SSSR count). The highest BCUT2D eigenvalue weighted by Gasteiger charge is 2.37. The first-order valence-electron chi connectivity index (χ1n) is 6.60. The van der Waals surface area contributed by atoms with Crippen molar-refractivity contribution in [1.82, 2.24) is 10.6 Å². The van der Waals surface area contributed by atoms with Crippen LogP contribution in [0.15, 0.2) is 0 Å². The van der Waals surface area contributed by atoms with Crippen LogP contribution < -0.4 is 10.6 Å². The normalized spacial score (nSPS) is 33.5. The van der Waals surface area contributed by atoms with Crippen molar-refractivity contribution in [2.24, 2.45) is 5.92 Å². The van der Waals surface area contributed by atoms with Crippen molar-refractivity contribution >= 4 is 5.91 Å². The second-order valence-corrected chi connectivity index (χ2v) is 5.35. The number of hydrogen-bond acceptors (Lipinski definition) is 3. The van der Waals surface area contributed by atoms with Crippen LogP contribution in [0.2, 0.25) is 0 Å². The number of nitriles is 1. The molecule has 4 heteroatoms. The van der Waals surface area contributed by atoms with Crippen molar-refractivity contribution in [3.63, 3.8) is 0 Å². The van der Waals surface area contributed by atoms with Gasteiger partial charge in [-0.3, -0.25) is 4.79 Å². The van der Waals surface area contributed by atoms with Gasteiger partial charge in [0.15, 0.2) is 0 Å². The molecular weight excluding hydrogens is 214 g/mol. The molecule has 0 radical (unpaired) electrons. The average Bonchev–Trinajstić information content (AvgIpc) is 2.33. The highest BCUT2D eigenvalue weighted by atomic mass is 16.1. The predicted molar refractivity (Wildman–Crippen MR) is 65.1 cm³/mol. The summed E-state index contributed by atoms with van der Waals surface area (Å²) in [6.07, 6.45) is 6.73. The summed E-state index contributed by atoms with van der Waals surface area (Å²) < 4.78 is 0. The van der Waals surface area contributed by atoms with Crippen LogP contribution in [0, 0.1) is 17.2 Å². The molecule has 0 aromatic carbocycles. The molecule has 1 amide bonds. The van der Waals surface area contributed by atoms with Crippen LogP contribution in [0.4, 0.5) is 0 Å². The van der Waals surface area contributed by atoms with Gasteiger partial charge in [0.1, 0.15) is 5.54 Å². The molecule has 0 aliphatic heterocycles. The molecule has 2 aliphatic carbocycles. The van der Waals surface area contributed by atoms with Crippen LogP contribution in [0.5, 0.6) is 0 Å². The Hall–Kier alpha value is -1.08. The van der Waals surface area contributed by atoms with E-state index in [-0.39, 0.29) is 11.8 Å². The third-order valence-corrected chi connectivity index (χ3v) is 4.35. The molecule has 2 aliphatic rings. The second-order valence-electron chi connectivity index (χ2n) is 5.35. The van der Waals surface area contributed by atoms with E-state index in [4.69, 9.17) is 5.26 Å². The van der Waals surface area contributed by atoms with Gasteiger partial charge in [-0.2, -0.15) is 5.26 Å². The highest BCUT2D eigenvalue weighted by Crippen LogP contribution is 2.32. The summed E-state index contributed by atoms with van der Waals surface area (Å²) in [5.41, 5.74) is -0.396. The Morgan fingerprint density at radius 3 is 2.35 bits per heavy atom. The lowest BCUT2D eigenvalue weighted by atomic mass is 9.77. The molecule has 17 heavy (non-hydrogen) atoms. The Bertz CT molecular complexity index is 322. The molecule has 2 saturated carbocycles. The fraction of sp³-hybridized carbons (Fsp3) is 0.846. The molecule has 0 unspecified atom stereocenters. The summed E-state index contributed by atoms with van der Waals surface area (Å²) in [4.78, 5) is 12.0. The quantitative estimate of drug-likeness (QED) is 0.775. The smallest absolute Gasteiger partial charge is 0.223 e. The van der Waals surface area contributed by atoms with E-state index in [1.54, 1.807) is 0 Å². The van der Waals surface area contributed by atoms with Crippen molar-refractivity contribution in [3.8, 4) is 6.07 Å². The first-order valence-corrected chi connectivity index (χ1v) is 6.60. The van der Waals surface area contributed by atoms with E-state index in [9.17, 15) is 4.79 Å². The third kappa shape index (κ3) is 2.61. The minimum absolute atomic E-state index is 0.116. The summed E-state index contributed by atoms with van der Waals surface area (Å²) in [7, 11) is 1.83. The van der Waals surface area contributed by atoms with Gasteiger partial charge >= 0.3 is 0 Å². The molecule has 0 atom stereocenters. The zero-order valence-corrected chi connectivity index (χ0v) is 10.5. The fourth-order valence-corrected chi connectivity index (χ4v) is 2.66. The summed E-state index contributed by atoms with van der Waals surface area (Å²) in [5.74, 6) is 0.322. The second kappa shape index (κ2) is 5.05. The van der Waals surface area contributed by atoms with Gasteiger partial charge in [-0.25, -0.2) is 0 Å². The monoisotopic (exact) mass is 235 g/mol. The molecule has 94 valence electrons. The average molecular weight is 235 g/mol. The summed E-state index contributed by atoms with van der Waals surface area (Å²) in [6.45, 7) is 0. The Balaban J connectivity index is 1.81. The van der Waals surface area contributed by atoms with Gasteiger partial charge in [0, 0.05) is 12.0 Å². The largest absolute Gasteiger partial charge is 0.353 e. The Morgan fingerprint density at radius 1 is 1.29 bits per heavy atom. The topological polar surface area (TPSA) is 64.9 Å². The van der Waals surface area contributed by atoms with Crippen molar-refractivity contribution in [2.75, 3.05) is 7.05 Å². The third-order valence-electron chi connectivity index (χ3n) is 4.35. The minimum Gasteiger partial charge on any atom is -0.353 e. The van der Waals surface area contributed by atoms with Gasteiger partial charge in [-0.15, -0.1) is 0 Å². The Labute approximate surface area is 103 Å². The number of carbonyl (C=O) groups is 1. The summed E-state index contributed by atoms with van der Waals surface area (Å²) >= 11 is 0. The van der Waals surface area contributed by atoms with Gasteiger partial charge in [-0.1, -0.05) is 0 Å². The fourth-order valence-electron chi connectivity index (χ4n) is 2.66. The minimum atomic E-state index is -0.396. The molecule has 2 N–H and O–H groups in total. The zero-order valence-electron chi connectivity index (χ0n) is 10.5. The summed E-state index contributed by atoms with van der Waals surface area (Å²) in [5, 5.41) is 15.4. The van der Waals surface area contributed by atoms with Crippen LogP contribution in [0.25, 0.3) is 0 Å². The molecule has 2 fully saturated rings. The number of carbonyl (C=O) groups excluding carboxylic acids is 1. The maximum absolute atomic E-state index is 12.0. The van der Waals surface area contributed by atoms with Crippen LogP contribution in [0.3, 0.4) is 0 Å². The summed E-state index contributed by atoms with van der Waals surface area (Å²) in [6, 6.07) is 2.77. The lowest BCUT2D eigenvalue weighted by Gasteiger charge is -2.35. The van der Waals surface area contributed by atoms with Gasteiger partial charge in [-0.05, 0) is 52.0 Å². The molecule has 0 aromatic heterocycles. The van der Waals surface area contributed by atoms with E-state index < -0.39 is 5.54 Å². The van der Waals surface area contributed by atoms with Crippen LogP contribution in [-0.2, 0) is 4.79 Å². The highest BCUT2D eigenvalue weighted by molar-refractivity contribution is 5.79. The van der Waals surface area contributed by atoms with Gasteiger partial charge in [0.25, 0.3) is 0 Å². The molecule has 0 heterocycles. The van der Waals surface area contributed by atoms with Crippen molar-refractivity contribution < 1.29 is 4.79 Å². The maximum atomic E-state index is 12.0. The van der Waals surface area contributed by atoms with E-state index in [1.165, 1.54) is 6.42 Å². The van der Waals surface area contributed by atoms with Gasteiger partial charge < -0.3 is 10.6 Å². The van der Waals surface area contributed by atoms with Crippen molar-refractivity contribution in [1.29, 1.82) is 5.26 Å². The van der Waals surface area contributed by atoms with E-state index in [0.29, 0.717) is 6.04 Å². The molecular formula is C13H21N3O. The number of amides is 1. The van der Waals surface area contributed by atoms with Crippen LogP contribution in [0.1, 0.15) is 44.9 Å². The van der Waals surface area contributed by atoms with Crippen LogP contribution >= 0.6 is 0 Å². The maximum Gasteiger partial charge on any atom is 0.223 e. The SMILES string of the molecule is CNC1(C#N)CCC(C(=O)NC2CCC2)CC1. The standard InChI is InChI=1S/C13H21N3O/c1-15-13(9-14)7-5-10(6-8-13)12(17)16-11-3-2-4-11/h10-11,15H,2-8H2,1H3,(H,16,17). The van der Waals surface area contributed by atoms with Gasteiger partial charge in [0.05, 0.1) is 6.07 Å². The molecule has 0 spiro atoms. The lowest BCUT2D eigenvalue weighted by molar-refractivity contribution is -0.127. The lowest BCUT2D eigenvalue weighted by Crippen LogP contribution is -2.48. The van der Waals surface area contributed by atoms with E-state index >= 15 is 0 Å². The molecule has 4 nitrogen and oxygen atoms in total. The zero-order chi connectivity index (χ0) is 12.3. The Morgan fingerprint density at radius 2 is 1.94 bits per heavy atom. The van der Waals surface area contributed by atoms with Crippen molar-refractivity contribution in [2.45, 2.75) is 56.5 Å². The number of nitrogens with zero attached hydrogens (tertiary/aromatic N) is 1. The van der Waals surface area contributed by atoms with Crippen LogP contribution in [-0.4, -0.2) is 24.5 Å². The number of hydrogen-bond donors (Lipinski definition) is 2. The van der Waals surface area contributed by atoms with E-state index in [1.807, 2.05) is 7.05 Å². The van der Waals surface area contributed by atoms with E-state index in [2.05, 4.69) is 16.7 Å². The first-order chi connectivity index (χ1) is 8.19. The van der Waals surface area contributed by atoms with Gasteiger partial charge in [0.2, 0.25) is 5.91 Å². The number of nitrogens with one attached hydrogen (secondary N) is 2. The predicted octanol–water partition coefficient (Wildman–Crippen LogP) is 1.33. The molecule has 0 aromatic rings. The number of rotatable bonds is 3. The Kier molecular flexibility index (Phi) is 3.68. The molecule has 0 bridgehead atoms. The van der Waals surface area contributed by atoms with Crippen molar-refractivity contribution in [3.05, 3.63) is 0 Å². The first kappa shape index (κ1) is 12.4. The molecule has 0 saturated heterocycles. The van der Waals surface area contributed by atoms with E-state index in [0.717, 1.165) is 38.5 Å².